The van der Waals surface area contributed by atoms with Crippen molar-refractivity contribution < 1.29 is 37.8 Å². The van der Waals surface area contributed by atoms with Crippen molar-refractivity contribution >= 4 is 35.2 Å². The number of carbonyl (C=O) groups is 4. The number of nitrogens with zero attached hydrogens (tertiary/aromatic N) is 7. The number of ether oxygens (including phenoxy) is 1. The van der Waals surface area contributed by atoms with Crippen LogP contribution in [-0.4, -0.2) is 105 Å². The molecule has 2 aliphatic carbocycles. The van der Waals surface area contributed by atoms with E-state index < -0.39 is 47.3 Å². The second-order valence-corrected chi connectivity index (χ2v) is 11.1. The molecule has 4 heterocycles. The molecule has 216 valence electrons. The lowest BCUT2D eigenvalue weighted by Gasteiger charge is -2.40. The number of carbonyl (C=O) groups excluding carboxylic acids is 4. The first-order valence-corrected chi connectivity index (χ1v) is 13.3. The molecule has 1 aromatic carbocycles. The minimum atomic E-state index is -1.07. The maximum Gasteiger partial charge on any atom is 0.415 e. The van der Waals surface area contributed by atoms with Gasteiger partial charge in [0.05, 0.1) is 43.0 Å². The van der Waals surface area contributed by atoms with Crippen molar-refractivity contribution in [3.8, 4) is 0 Å². The van der Waals surface area contributed by atoms with Crippen molar-refractivity contribution in [3.05, 3.63) is 36.2 Å². The van der Waals surface area contributed by atoms with Gasteiger partial charge in [-0.25, -0.2) is 28.3 Å². The first kappa shape index (κ1) is 25.6. The second kappa shape index (κ2) is 8.83. The fourth-order valence-electron chi connectivity index (χ4n) is 6.40. The van der Waals surface area contributed by atoms with E-state index >= 15 is 8.78 Å². The molecule has 2 N–H and O–H groups in total. The Bertz CT molecular complexity index is 1450. The van der Waals surface area contributed by atoms with Crippen molar-refractivity contribution in [2.24, 2.45) is 5.41 Å². The fraction of sp³-hybridized carbons (Fsp3) is 0.520. The number of aliphatic hydroxyl groups excluding tert-OH is 1. The van der Waals surface area contributed by atoms with Gasteiger partial charge in [-0.05, 0) is 6.42 Å². The van der Waals surface area contributed by atoms with E-state index in [2.05, 4.69) is 15.6 Å². The van der Waals surface area contributed by atoms with Crippen LogP contribution in [0.25, 0.3) is 0 Å². The summed E-state index contributed by atoms with van der Waals surface area (Å²) in [5.74, 6) is -3.08. The van der Waals surface area contributed by atoms with Crippen molar-refractivity contribution in [1.29, 1.82) is 0 Å². The fourth-order valence-corrected chi connectivity index (χ4v) is 6.40. The zero-order valence-electron chi connectivity index (χ0n) is 21.7. The van der Waals surface area contributed by atoms with E-state index in [-0.39, 0.29) is 74.8 Å². The molecule has 0 bridgehead atoms. The normalized spacial score (nSPS) is 30.6. The van der Waals surface area contributed by atoms with Gasteiger partial charge in [0.1, 0.15) is 12.3 Å². The standard InChI is InChI=1S/C25H26F2N8O6/c26-15-7-14(32-13-25(41-23(32)40)10-18(25)33-2-1-28-30-33)8-16(27)21(15)31-3-5-34-20(38)11-24(22(39)35(34)6-4-31)9-17(24)29-19(37)12-36/h1-2,7-8,17-18,36H,3-6,9-13H2,(H,29,37)/t17?,18-,24+,25-/m0/s1. The Kier molecular flexibility index (Phi) is 5.52. The summed E-state index contributed by atoms with van der Waals surface area (Å²) in [6, 6.07) is 1.39. The van der Waals surface area contributed by atoms with Crippen LogP contribution >= 0.6 is 0 Å². The van der Waals surface area contributed by atoms with E-state index in [0.717, 1.165) is 12.1 Å². The van der Waals surface area contributed by atoms with Crippen molar-refractivity contribution in [1.82, 2.24) is 30.3 Å². The van der Waals surface area contributed by atoms with Crippen molar-refractivity contribution in [3.63, 3.8) is 0 Å². The smallest absolute Gasteiger partial charge is 0.415 e. The molecule has 3 aliphatic heterocycles. The third kappa shape index (κ3) is 3.91. The number of benzene rings is 1. The van der Waals surface area contributed by atoms with E-state index in [9.17, 15) is 19.2 Å². The number of aliphatic hydroxyl groups is 1. The lowest BCUT2D eigenvalue weighted by Crippen LogP contribution is -2.59. The highest BCUT2D eigenvalue weighted by atomic mass is 19.1. The van der Waals surface area contributed by atoms with Gasteiger partial charge in [-0.2, -0.15) is 0 Å². The summed E-state index contributed by atoms with van der Waals surface area (Å²) in [4.78, 5) is 53.2. The van der Waals surface area contributed by atoms with Crippen LogP contribution in [0.2, 0.25) is 0 Å². The van der Waals surface area contributed by atoms with Gasteiger partial charge in [0.25, 0.3) is 0 Å². The average Bonchev–Trinajstić information content (AvgIpc) is 3.69. The van der Waals surface area contributed by atoms with Crippen molar-refractivity contribution in [2.75, 3.05) is 49.1 Å². The maximum atomic E-state index is 15.5. The molecule has 5 aliphatic rings. The Morgan fingerprint density at radius 3 is 2.51 bits per heavy atom. The molecule has 4 amide bonds. The summed E-state index contributed by atoms with van der Waals surface area (Å²) in [6.45, 7) is -0.486. The highest BCUT2D eigenvalue weighted by molar-refractivity contribution is 5.98. The second-order valence-electron chi connectivity index (χ2n) is 11.1. The van der Waals surface area contributed by atoms with Crippen LogP contribution in [0.5, 0.6) is 0 Å². The SMILES string of the molecule is O=C(CO)NC1C[C@@]12CC(=O)N1CCN(c3c(F)cc(N4C[C@]5(C[C@@H]5n5ccnn5)OC4=O)cc3F)CCN1C2=O. The molecule has 2 aromatic rings. The number of halogens is 2. The van der Waals surface area contributed by atoms with E-state index in [1.807, 2.05) is 0 Å². The van der Waals surface area contributed by atoms with Gasteiger partial charge in [0.2, 0.25) is 17.7 Å². The number of rotatable bonds is 5. The van der Waals surface area contributed by atoms with Gasteiger partial charge in [0.15, 0.2) is 17.2 Å². The summed E-state index contributed by atoms with van der Waals surface area (Å²) in [7, 11) is 0. The minimum absolute atomic E-state index is 0.00172. The zero-order valence-corrected chi connectivity index (χ0v) is 21.7. The molecule has 7 rings (SSSR count). The van der Waals surface area contributed by atoms with Crippen LogP contribution in [0.3, 0.4) is 0 Å². The van der Waals surface area contributed by atoms with Crippen LogP contribution in [0.15, 0.2) is 24.5 Å². The monoisotopic (exact) mass is 572 g/mol. The van der Waals surface area contributed by atoms with Gasteiger partial charge < -0.3 is 20.1 Å². The molecule has 2 saturated carbocycles. The number of hydrogen-bond acceptors (Lipinski definition) is 9. The molecular weight excluding hydrogens is 546 g/mol. The lowest BCUT2D eigenvalue weighted by molar-refractivity contribution is -0.176. The number of nitrogens with one attached hydrogen (secondary N) is 1. The molecule has 41 heavy (non-hydrogen) atoms. The third-order valence-corrected chi connectivity index (χ3v) is 8.74. The highest BCUT2D eigenvalue weighted by Gasteiger charge is 2.67. The maximum absolute atomic E-state index is 15.5. The molecule has 3 saturated heterocycles. The van der Waals surface area contributed by atoms with Crippen LogP contribution in [0, 0.1) is 17.0 Å². The Labute approximate surface area is 231 Å². The summed E-state index contributed by atoms with van der Waals surface area (Å²) < 4.78 is 38.1. The number of fused-ring (bicyclic) bond motifs is 1. The van der Waals surface area contributed by atoms with Crippen LogP contribution < -0.4 is 15.1 Å². The van der Waals surface area contributed by atoms with E-state index in [1.54, 1.807) is 10.9 Å². The predicted molar refractivity (Wildman–Crippen MR) is 133 cm³/mol. The number of amides is 4. The molecule has 5 fully saturated rings. The largest absolute Gasteiger partial charge is 0.438 e. The molecule has 4 atom stereocenters. The Balaban J connectivity index is 1.07. The predicted octanol–water partition coefficient (Wildman–Crippen LogP) is -0.440. The Hall–Kier alpha value is -4.34. The van der Waals surface area contributed by atoms with Crippen LogP contribution in [0.4, 0.5) is 25.0 Å². The molecule has 0 radical (unpaired) electrons. The summed E-state index contributed by atoms with van der Waals surface area (Å²) in [5, 5.41) is 21.9. The minimum Gasteiger partial charge on any atom is -0.438 e. The van der Waals surface area contributed by atoms with Gasteiger partial charge in [-0.1, -0.05) is 5.21 Å². The number of hydrogen-bond donors (Lipinski definition) is 2. The van der Waals surface area contributed by atoms with Crippen LogP contribution in [-0.2, 0) is 19.1 Å². The first-order chi connectivity index (χ1) is 19.7. The van der Waals surface area contributed by atoms with E-state index in [4.69, 9.17) is 9.84 Å². The third-order valence-electron chi connectivity index (χ3n) is 8.74. The molecule has 1 unspecified atom stereocenters. The van der Waals surface area contributed by atoms with E-state index in [0.29, 0.717) is 6.42 Å². The molecule has 14 nitrogen and oxygen atoms in total. The first-order valence-electron chi connectivity index (χ1n) is 13.3. The van der Waals surface area contributed by atoms with Gasteiger partial charge in [-0.3, -0.25) is 19.3 Å². The average molecular weight is 573 g/mol. The van der Waals surface area contributed by atoms with Gasteiger partial charge >= 0.3 is 6.09 Å². The summed E-state index contributed by atoms with van der Waals surface area (Å²) in [6.07, 6.45) is 3.16. The molecule has 2 spiro atoms. The summed E-state index contributed by atoms with van der Waals surface area (Å²) >= 11 is 0. The zero-order chi connectivity index (χ0) is 28.7. The molecular formula is C25H26F2N8O6. The van der Waals surface area contributed by atoms with Gasteiger partial charge in [-0.15, -0.1) is 5.10 Å². The van der Waals surface area contributed by atoms with E-state index in [1.165, 1.54) is 26.0 Å². The lowest BCUT2D eigenvalue weighted by atomic mass is 9.96. The Morgan fingerprint density at radius 1 is 1.10 bits per heavy atom. The highest BCUT2D eigenvalue weighted by Crippen LogP contribution is 2.55. The number of aromatic nitrogens is 3. The quantitative estimate of drug-likeness (QED) is 0.486. The Morgan fingerprint density at radius 2 is 1.83 bits per heavy atom. The molecule has 1 aromatic heterocycles. The topological polar surface area (TPSA) is 153 Å². The van der Waals surface area contributed by atoms with Crippen molar-refractivity contribution in [2.45, 2.75) is 36.9 Å². The number of anilines is 2. The van der Waals surface area contributed by atoms with Crippen LogP contribution in [0.1, 0.15) is 25.3 Å². The number of hydrazine groups is 1. The molecule has 16 heteroatoms. The van der Waals surface area contributed by atoms with Gasteiger partial charge in [0, 0.05) is 50.3 Å². The summed E-state index contributed by atoms with van der Waals surface area (Å²) in [5.41, 5.74) is -2.21.